The Morgan fingerprint density at radius 3 is 2.50 bits per heavy atom. The Morgan fingerprint density at radius 1 is 1.07 bits per heavy atom. The molecule has 0 aliphatic rings. The first-order valence-electron chi connectivity index (χ1n) is 5.78. The van der Waals surface area contributed by atoms with Crippen molar-refractivity contribution in [3.05, 3.63) is 0 Å². The van der Waals surface area contributed by atoms with Crippen molar-refractivity contribution in [3.63, 3.8) is 0 Å². The molecule has 0 heterocycles. The molecular weight excluding hydrogens is 176 g/mol. The molecule has 0 radical (unpaired) electrons. The van der Waals surface area contributed by atoms with E-state index >= 15 is 0 Å². The average Bonchev–Trinajstić information content (AvgIpc) is 2.18. The molecule has 2 N–H and O–H groups in total. The van der Waals surface area contributed by atoms with Crippen molar-refractivity contribution >= 4 is 5.91 Å². The summed E-state index contributed by atoms with van der Waals surface area (Å²) >= 11 is 0. The molecule has 0 aliphatic carbocycles. The summed E-state index contributed by atoms with van der Waals surface area (Å²) in [7, 11) is 0. The van der Waals surface area contributed by atoms with E-state index in [0.29, 0.717) is 6.42 Å². The Hall–Kier alpha value is -0.570. The van der Waals surface area contributed by atoms with Crippen molar-refractivity contribution in [2.45, 2.75) is 46.0 Å². The van der Waals surface area contributed by atoms with Crippen LogP contribution in [0.15, 0.2) is 0 Å². The maximum Gasteiger partial charge on any atom is 0.219 e. The highest BCUT2D eigenvalue weighted by atomic mass is 16.1. The van der Waals surface area contributed by atoms with Crippen molar-refractivity contribution in [1.82, 2.24) is 10.6 Å². The minimum atomic E-state index is 0.204. The minimum absolute atomic E-state index is 0.204. The third-order valence-corrected chi connectivity index (χ3v) is 2.11. The van der Waals surface area contributed by atoms with E-state index in [9.17, 15) is 4.79 Å². The predicted molar refractivity (Wildman–Crippen MR) is 60.3 cm³/mol. The van der Waals surface area contributed by atoms with Gasteiger partial charge in [-0.05, 0) is 25.9 Å². The average molecular weight is 200 g/mol. The molecule has 0 saturated heterocycles. The molecule has 0 bridgehead atoms. The zero-order chi connectivity index (χ0) is 10.6. The van der Waals surface area contributed by atoms with E-state index in [2.05, 4.69) is 24.5 Å². The maximum atomic E-state index is 11.2. The number of amides is 1. The van der Waals surface area contributed by atoms with Crippen LogP contribution in [0.2, 0.25) is 0 Å². The molecule has 0 unspecified atom stereocenters. The Morgan fingerprint density at radius 2 is 1.86 bits per heavy atom. The quantitative estimate of drug-likeness (QED) is 0.556. The Labute approximate surface area is 87.6 Å². The van der Waals surface area contributed by atoms with E-state index in [1.165, 1.54) is 6.42 Å². The van der Waals surface area contributed by atoms with Crippen molar-refractivity contribution in [1.29, 1.82) is 0 Å². The second-order valence-corrected chi connectivity index (χ2v) is 3.51. The van der Waals surface area contributed by atoms with Gasteiger partial charge < -0.3 is 10.6 Å². The van der Waals surface area contributed by atoms with Crippen LogP contribution in [0.5, 0.6) is 0 Å². The number of hydrogen-bond donors (Lipinski definition) is 2. The monoisotopic (exact) mass is 200 g/mol. The first kappa shape index (κ1) is 13.4. The van der Waals surface area contributed by atoms with Gasteiger partial charge in [-0.3, -0.25) is 4.79 Å². The largest absolute Gasteiger partial charge is 0.356 e. The van der Waals surface area contributed by atoms with Gasteiger partial charge in [0.2, 0.25) is 5.91 Å². The van der Waals surface area contributed by atoms with E-state index in [0.717, 1.165) is 38.9 Å². The van der Waals surface area contributed by atoms with Gasteiger partial charge in [-0.25, -0.2) is 0 Å². The van der Waals surface area contributed by atoms with Crippen LogP contribution in [0.4, 0.5) is 0 Å². The van der Waals surface area contributed by atoms with E-state index in [-0.39, 0.29) is 5.91 Å². The normalized spacial score (nSPS) is 10.1. The van der Waals surface area contributed by atoms with Gasteiger partial charge in [0.15, 0.2) is 0 Å². The fourth-order valence-electron chi connectivity index (χ4n) is 1.24. The van der Waals surface area contributed by atoms with Gasteiger partial charge >= 0.3 is 0 Å². The van der Waals surface area contributed by atoms with Crippen LogP contribution in [-0.4, -0.2) is 25.5 Å². The summed E-state index contributed by atoms with van der Waals surface area (Å²) in [5, 5.41) is 6.14. The number of hydrogen-bond acceptors (Lipinski definition) is 2. The Kier molecular flexibility index (Phi) is 10.1. The number of rotatable bonds is 9. The molecular formula is C11H24N2O. The molecule has 0 atom stereocenters. The second-order valence-electron chi connectivity index (χ2n) is 3.51. The molecule has 84 valence electrons. The standard InChI is InChI=1S/C11H24N2O/c1-3-5-6-8-11(14)13-10-7-9-12-4-2/h12H,3-10H2,1-2H3,(H,13,14). The van der Waals surface area contributed by atoms with E-state index in [1.54, 1.807) is 0 Å². The van der Waals surface area contributed by atoms with Gasteiger partial charge in [-0.2, -0.15) is 0 Å². The molecule has 0 spiro atoms. The van der Waals surface area contributed by atoms with Gasteiger partial charge in [0, 0.05) is 13.0 Å². The van der Waals surface area contributed by atoms with Gasteiger partial charge in [0.05, 0.1) is 0 Å². The second kappa shape index (κ2) is 10.5. The third kappa shape index (κ3) is 9.52. The van der Waals surface area contributed by atoms with E-state index in [4.69, 9.17) is 0 Å². The summed E-state index contributed by atoms with van der Waals surface area (Å²) in [5.74, 6) is 0.204. The van der Waals surface area contributed by atoms with Crippen molar-refractivity contribution in [2.75, 3.05) is 19.6 Å². The molecule has 0 saturated carbocycles. The zero-order valence-corrected chi connectivity index (χ0v) is 9.57. The van der Waals surface area contributed by atoms with Crippen LogP contribution in [0.25, 0.3) is 0 Å². The molecule has 3 heteroatoms. The molecule has 0 aromatic rings. The lowest BCUT2D eigenvalue weighted by atomic mass is 10.2. The Balaban J connectivity index is 3.10. The summed E-state index contributed by atoms with van der Waals surface area (Å²) in [6, 6.07) is 0. The third-order valence-electron chi connectivity index (χ3n) is 2.11. The molecule has 3 nitrogen and oxygen atoms in total. The van der Waals surface area contributed by atoms with Crippen molar-refractivity contribution in [3.8, 4) is 0 Å². The SMILES string of the molecule is CCCCCC(=O)NCCCNCC. The number of nitrogens with one attached hydrogen (secondary N) is 2. The molecule has 0 fully saturated rings. The topological polar surface area (TPSA) is 41.1 Å². The van der Waals surface area contributed by atoms with E-state index < -0.39 is 0 Å². The lowest BCUT2D eigenvalue weighted by molar-refractivity contribution is -0.121. The van der Waals surface area contributed by atoms with E-state index in [1.807, 2.05) is 0 Å². The summed E-state index contributed by atoms with van der Waals surface area (Å²) < 4.78 is 0. The molecule has 14 heavy (non-hydrogen) atoms. The Bertz CT molecular complexity index is 137. The molecule has 0 aliphatic heterocycles. The van der Waals surface area contributed by atoms with Gasteiger partial charge in [-0.1, -0.05) is 26.7 Å². The maximum absolute atomic E-state index is 11.2. The fraction of sp³-hybridized carbons (Fsp3) is 0.909. The molecule has 1 amide bonds. The smallest absolute Gasteiger partial charge is 0.219 e. The highest BCUT2D eigenvalue weighted by Gasteiger charge is 1.98. The highest BCUT2D eigenvalue weighted by molar-refractivity contribution is 5.75. The summed E-state index contributed by atoms with van der Waals surface area (Å²) in [5.41, 5.74) is 0. The van der Waals surface area contributed by atoms with Gasteiger partial charge in [-0.15, -0.1) is 0 Å². The summed E-state index contributed by atoms with van der Waals surface area (Å²) in [4.78, 5) is 11.2. The molecule has 0 rings (SSSR count). The predicted octanol–water partition coefficient (Wildman–Crippen LogP) is 1.68. The van der Waals surface area contributed by atoms with Crippen LogP contribution in [0.1, 0.15) is 46.0 Å². The highest BCUT2D eigenvalue weighted by Crippen LogP contribution is 1.97. The number of carbonyl (C=O) groups excluding carboxylic acids is 1. The first-order valence-corrected chi connectivity index (χ1v) is 5.78. The molecule has 0 aromatic carbocycles. The van der Waals surface area contributed by atoms with Crippen LogP contribution < -0.4 is 10.6 Å². The lowest BCUT2D eigenvalue weighted by Gasteiger charge is -2.04. The molecule has 0 aromatic heterocycles. The van der Waals surface area contributed by atoms with Gasteiger partial charge in [0.1, 0.15) is 0 Å². The lowest BCUT2D eigenvalue weighted by Crippen LogP contribution is -2.27. The van der Waals surface area contributed by atoms with Crippen LogP contribution in [0.3, 0.4) is 0 Å². The van der Waals surface area contributed by atoms with Gasteiger partial charge in [0.25, 0.3) is 0 Å². The van der Waals surface area contributed by atoms with Crippen LogP contribution in [-0.2, 0) is 4.79 Å². The minimum Gasteiger partial charge on any atom is -0.356 e. The summed E-state index contributed by atoms with van der Waals surface area (Å²) in [6.45, 7) is 7.03. The van der Waals surface area contributed by atoms with Crippen LogP contribution in [0, 0.1) is 0 Å². The van der Waals surface area contributed by atoms with Crippen molar-refractivity contribution < 1.29 is 4.79 Å². The fourth-order valence-corrected chi connectivity index (χ4v) is 1.24. The zero-order valence-electron chi connectivity index (χ0n) is 9.57. The first-order chi connectivity index (χ1) is 6.81. The number of unbranched alkanes of at least 4 members (excludes halogenated alkanes) is 2. The van der Waals surface area contributed by atoms with Crippen molar-refractivity contribution in [2.24, 2.45) is 0 Å². The van der Waals surface area contributed by atoms with Crippen LogP contribution >= 0.6 is 0 Å². The summed E-state index contributed by atoms with van der Waals surface area (Å²) in [6.07, 6.45) is 5.07. The number of carbonyl (C=O) groups is 1.